The Bertz CT molecular complexity index is 3950. The van der Waals surface area contributed by atoms with Crippen molar-refractivity contribution in [2.45, 2.75) is 59.4 Å². The zero-order chi connectivity index (χ0) is 80.9. The van der Waals surface area contributed by atoms with Crippen LogP contribution in [0.3, 0.4) is 0 Å². The van der Waals surface area contributed by atoms with Crippen LogP contribution in [-0.4, -0.2) is 284 Å². The molecule has 8 rings (SSSR count). The maximum Gasteiger partial charge on any atom is 0.255 e. The van der Waals surface area contributed by atoms with Crippen LogP contribution in [0.1, 0.15) is 131 Å². The minimum Gasteiger partial charge on any atom is -0.487 e. The third kappa shape index (κ3) is 30.5. The fourth-order valence-electron chi connectivity index (χ4n) is 13.0. The Balaban J connectivity index is 1.07. The van der Waals surface area contributed by atoms with Gasteiger partial charge in [0.1, 0.15) is 24.7 Å². The summed E-state index contributed by atoms with van der Waals surface area (Å²) in [5.41, 5.74) is 10.5. The first-order chi connectivity index (χ1) is 55.6. The number of fused-ring (bicyclic) bond motifs is 8. The normalized spacial score (nSPS) is 16.3. The number of amides is 8. The number of carbonyl (C=O) groups excluding carboxylic acids is 8. The summed E-state index contributed by atoms with van der Waals surface area (Å²) in [7, 11) is 1.61. The Morgan fingerprint density at radius 1 is 0.342 bits per heavy atom. The average Bonchev–Trinajstić information content (AvgIpc) is 0.814. The maximum atomic E-state index is 14.8. The van der Waals surface area contributed by atoms with Crippen LogP contribution in [0.15, 0.2) is 133 Å². The molecule has 0 fully saturated rings. The lowest BCUT2D eigenvalue weighted by Gasteiger charge is -2.32. The summed E-state index contributed by atoms with van der Waals surface area (Å²) in [6.07, 6.45) is 1.60. The minimum atomic E-state index is -0.594. The molecule has 29 heteroatoms. The van der Waals surface area contributed by atoms with Gasteiger partial charge in [-0.3, -0.25) is 58.0 Å². The van der Waals surface area contributed by atoms with Crippen molar-refractivity contribution in [3.8, 4) is 11.5 Å². The molecule has 0 saturated heterocycles. The molecular weight excluding hydrogens is 1460 g/mol. The molecule has 618 valence electrons. The van der Waals surface area contributed by atoms with Gasteiger partial charge in [0.2, 0.25) is 0 Å². The molecule has 0 aliphatic carbocycles. The number of unbranched alkanes of at least 4 members (excludes halogenated alkanes) is 1. The molecule has 8 amide bonds. The third-order valence-corrected chi connectivity index (χ3v) is 19.3. The van der Waals surface area contributed by atoms with E-state index in [4.69, 9.17) is 43.6 Å². The van der Waals surface area contributed by atoms with Crippen molar-refractivity contribution in [2.24, 2.45) is 5.73 Å². The molecule has 0 aromatic heterocycles. The Kier molecular flexibility index (Phi) is 40.3. The van der Waals surface area contributed by atoms with E-state index in [1.807, 2.05) is 67.6 Å². The monoisotopic (exact) mass is 1580 g/mol. The summed E-state index contributed by atoms with van der Waals surface area (Å²) in [4.78, 5) is 123. The van der Waals surface area contributed by atoms with Crippen LogP contribution in [0.5, 0.6) is 11.5 Å². The number of nitrogens with two attached hydrogens (primary N) is 1. The van der Waals surface area contributed by atoms with E-state index < -0.39 is 41.5 Å². The SMILES string of the molecule is CCCOCCOCCN1CCNC(=O)c2cccc(c2C)C(=O)NCCN(CC(CN2CCNC(=O)c3cccc(c3C)C(=O)NCCN(CCOCCOCCOC)CCNC(=O)c3cccc(c3OCc3ccccc3)C(=O)NCC2)OCCCCN)CCNC(=O)c2cccc(c2OCc2ccccc2)C(=O)NCC1. The smallest absolute Gasteiger partial charge is 0.255 e. The summed E-state index contributed by atoms with van der Waals surface area (Å²) in [5.74, 6) is -3.28. The highest BCUT2D eigenvalue weighted by atomic mass is 16.5. The van der Waals surface area contributed by atoms with Crippen molar-refractivity contribution in [2.75, 3.05) is 211 Å². The molecule has 1 unspecified atom stereocenters. The summed E-state index contributed by atoms with van der Waals surface area (Å²) in [6.45, 7) is 15.4. The van der Waals surface area contributed by atoms with E-state index in [1.165, 1.54) is 0 Å². The van der Waals surface area contributed by atoms with Crippen molar-refractivity contribution in [3.05, 3.63) is 200 Å². The molecule has 0 spiro atoms. The van der Waals surface area contributed by atoms with Crippen LogP contribution in [0.2, 0.25) is 0 Å². The molecule has 2 aliphatic rings. The first kappa shape index (κ1) is 89.8. The number of methoxy groups -OCH3 is 1. The van der Waals surface area contributed by atoms with Crippen LogP contribution in [-0.2, 0) is 41.6 Å². The maximum absolute atomic E-state index is 14.8. The predicted molar refractivity (Wildman–Crippen MR) is 435 cm³/mol. The number of nitrogens with zero attached hydrogens (tertiary/aromatic N) is 4. The third-order valence-electron chi connectivity index (χ3n) is 19.3. The number of para-hydroxylation sites is 2. The fraction of sp³-hybridized carbons (Fsp3) is 0.482. The van der Waals surface area contributed by atoms with Crippen molar-refractivity contribution < 1.29 is 76.3 Å². The number of ether oxygens (including phenoxy) is 8. The van der Waals surface area contributed by atoms with Crippen molar-refractivity contribution in [1.29, 1.82) is 0 Å². The summed E-state index contributed by atoms with van der Waals surface area (Å²) >= 11 is 0. The molecule has 2 aliphatic heterocycles. The van der Waals surface area contributed by atoms with Gasteiger partial charge >= 0.3 is 0 Å². The van der Waals surface area contributed by atoms with Gasteiger partial charge < -0.3 is 86.2 Å². The van der Waals surface area contributed by atoms with E-state index >= 15 is 0 Å². The Hall–Kier alpha value is -9.76. The first-order valence-corrected chi connectivity index (χ1v) is 39.7. The highest BCUT2D eigenvalue weighted by molar-refractivity contribution is 6.06. The highest BCUT2D eigenvalue weighted by Gasteiger charge is 2.27. The van der Waals surface area contributed by atoms with Crippen molar-refractivity contribution in [1.82, 2.24) is 62.1 Å². The topological polar surface area (TPSA) is 346 Å². The van der Waals surface area contributed by atoms with E-state index in [-0.39, 0.29) is 150 Å². The molecule has 0 radical (unpaired) electrons. The predicted octanol–water partition coefficient (Wildman–Crippen LogP) is 4.88. The minimum absolute atomic E-state index is 0.0497. The Labute approximate surface area is 670 Å². The van der Waals surface area contributed by atoms with E-state index in [0.29, 0.717) is 158 Å². The molecule has 8 bridgehead atoms. The van der Waals surface area contributed by atoms with Crippen LogP contribution in [0.4, 0.5) is 0 Å². The Morgan fingerprint density at radius 3 is 0.947 bits per heavy atom. The largest absolute Gasteiger partial charge is 0.487 e. The number of hydrogen-bond donors (Lipinski definition) is 9. The van der Waals surface area contributed by atoms with Crippen molar-refractivity contribution in [3.63, 3.8) is 0 Å². The van der Waals surface area contributed by atoms with Crippen LogP contribution < -0.4 is 57.7 Å². The zero-order valence-corrected chi connectivity index (χ0v) is 66.6. The number of hydrogen-bond acceptors (Lipinski definition) is 21. The van der Waals surface area contributed by atoms with Crippen LogP contribution in [0.25, 0.3) is 0 Å². The zero-order valence-electron chi connectivity index (χ0n) is 66.6. The van der Waals surface area contributed by atoms with Gasteiger partial charge in [-0.15, -0.1) is 0 Å². The second kappa shape index (κ2) is 51.2. The molecule has 0 saturated carbocycles. The lowest BCUT2D eigenvalue weighted by atomic mass is 10.0. The van der Waals surface area contributed by atoms with E-state index in [2.05, 4.69) is 62.1 Å². The molecule has 1 atom stereocenters. The first-order valence-electron chi connectivity index (χ1n) is 39.7. The van der Waals surface area contributed by atoms with Crippen LogP contribution >= 0.6 is 0 Å². The van der Waals surface area contributed by atoms with Gasteiger partial charge in [0.05, 0.1) is 81.2 Å². The summed E-state index contributed by atoms with van der Waals surface area (Å²) < 4.78 is 47.8. The quantitative estimate of drug-likeness (QED) is 0.0254. The van der Waals surface area contributed by atoms with E-state index in [9.17, 15) is 38.4 Å². The number of nitrogens with one attached hydrogen (secondary N) is 8. The van der Waals surface area contributed by atoms with Gasteiger partial charge in [-0.1, -0.05) is 91.9 Å². The summed E-state index contributed by atoms with van der Waals surface area (Å²) in [6, 6.07) is 38.6. The molecule has 29 nitrogen and oxygen atoms in total. The van der Waals surface area contributed by atoms with Gasteiger partial charge in [0.25, 0.3) is 47.3 Å². The number of carbonyl (C=O) groups is 8. The molecule has 10 N–H and O–H groups in total. The highest BCUT2D eigenvalue weighted by Crippen LogP contribution is 2.28. The van der Waals surface area contributed by atoms with Gasteiger partial charge in [-0.25, -0.2) is 0 Å². The van der Waals surface area contributed by atoms with Gasteiger partial charge in [-0.05, 0) is 110 Å². The second-order valence-electron chi connectivity index (χ2n) is 27.6. The van der Waals surface area contributed by atoms with Gasteiger partial charge in [0.15, 0.2) is 0 Å². The van der Waals surface area contributed by atoms with Crippen molar-refractivity contribution >= 4 is 47.3 Å². The summed E-state index contributed by atoms with van der Waals surface area (Å²) in [5, 5.41) is 24.5. The average molecular weight is 1580 g/mol. The molecule has 6 aromatic carbocycles. The molecule has 2 heterocycles. The standard InChI is InChI=1S/C85H117N13O16/c1-5-49-108-55-56-109-51-47-95-39-31-87-78(99)68-22-14-24-70(63(68)2)80(101)89-35-43-97(45-37-93-84(105)74-28-16-26-72(82(103)91-33-41-95)76(74)113-61-65-18-8-6-9-19-65)59-67(112-50-13-12-30-86)60-98-44-36-90-81(102)71-25-15-23-69(64(71)3)79(100)88-32-40-96(48-52-110-57-58-111-54-53-107-4)42-34-92-83(104)73-27-17-29-75(85(106)94-38-46-98)77(73)114-62-66-20-10-7-11-21-66/h6-11,14-29,67H,5,12-13,30-62,86H2,1-4H3,(H,87,99)(H,88,100)(H,89,101)(H,90,102)(H,91,103)(H,92,104)(H,93,105)(H,94,106). The Morgan fingerprint density at radius 2 is 0.632 bits per heavy atom. The van der Waals surface area contributed by atoms with Gasteiger partial charge in [-0.2, -0.15) is 0 Å². The number of benzene rings is 6. The number of rotatable bonds is 32. The van der Waals surface area contributed by atoms with E-state index in [1.54, 1.807) is 93.8 Å². The molecule has 6 aromatic rings. The van der Waals surface area contributed by atoms with Gasteiger partial charge in [0, 0.05) is 173 Å². The van der Waals surface area contributed by atoms with Crippen LogP contribution in [0, 0.1) is 13.8 Å². The lowest BCUT2D eigenvalue weighted by molar-refractivity contribution is 0.00294. The lowest BCUT2D eigenvalue weighted by Crippen LogP contribution is -2.48. The second-order valence-corrected chi connectivity index (χ2v) is 27.6. The molecule has 114 heavy (non-hydrogen) atoms. The fourth-order valence-corrected chi connectivity index (χ4v) is 13.0. The van der Waals surface area contributed by atoms with E-state index in [0.717, 1.165) is 17.5 Å². The molecular formula is C85H117N13O16.